The molecule has 46 valence electrons. The minimum absolute atomic E-state index is 0.966. The van der Waals surface area contributed by atoms with E-state index in [0.29, 0.717) is 0 Å². The molecule has 0 unspecified atom stereocenters. The first-order chi connectivity index (χ1) is 3.85. The van der Waals surface area contributed by atoms with Crippen molar-refractivity contribution in [2.24, 2.45) is 9.98 Å². The molecule has 0 aromatic carbocycles. The Kier molecular flexibility index (Phi) is 4.13. The number of hydrogen-bond acceptors (Lipinski definition) is 2. The highest BCUT2D eigenvalue weighted by molar-refractivity contribution is 6.30. The van der Waals surface area contributed by atoms with Crippen LogP contribution in [-0.2, 0) is 0 Å². The summed E-state index contributed by atoms with van der Waals surface area (Å²) in [6.45, 7) is 2.06. The van der Waals surface area contributed by atoms with E-state index in [4.69, 9.17) is 0 Å². The predicted molar refractivity (Wildman–Crippen MR) is 38.1 cm³/mol. The third kappa shape index (κ3) is 2.50. The Morgan fingerprint density at radius 2 is 2.12 bits per heavy atom. The normalized spacial score (nSPS) is 13.1. The molecule has 0 aliphatic carbocycles. The second-order valence-corrected chi connectivity index (χ2v) is 1.46. The van der Waals surface area contributed by atoms with Gasteiger partial charge in [-0.05, 0) is 6.42 Å². The van der Waals surface area contributed by atoms with Gasteiger partial charge in [0.1, 0.15) is 0 Å². The van der Waals surface area contributed by atoms with Crippen LogP contribution in [0.15, 0.2) is 9.98 Å². The lowest BCUT2D eigenvalue weighted by atomic mass is 10.3. The van der Waals surface area contributed by atoms with Gasteiger partial charge in [0, 0.05) is 20.3 Å². The van der Waals surface area contributed by atoms with Crippen molar-refractivity contribution in [3.63, 3.8) is 0 Å². The average Bonchev–Trinajstić information content (AvgIpc) is 1.83. The molecule has 0 aliphatic rings. The van der Waals surface area contributed by atoms with Crippen molar-refractivity contribution in [2.45, 2.75) is 13.3 Å². The third-order valence-corrected chi connectivity index (χ3v) is 0.928. The van der Waals surface area contributed by atoms with E-state index < -0.39 is 0 Å². The van der Waals surface area contributed by atoms with Crippen LogP contribution in [0.2, 0.25) is 0 Å². The van der Waals surface area contributed by atoms with Crippen molar-refractivity contribution in [2.75, 3.05) is 14.1 Å². The monoisotopic (exact) mass is 112 g/mol. The summed E-state index contributed by atoms with van der Waals surface area (Å²) in [5.74, 6) is 0. The zero-order valence-corrected chi connectivity index (χ0v) is 5.68. The molecule has 0 rings (SSSR count). The molecule has 0 fully saturated rings. The van der Waals surface area contributed by atoms with Gasteiger partial charge in [0.25, 0.3) is 0 Å². The van der Waals surface area contributed by atoms with Crippen LogP contribution in [0.1, 0.15) is 13.3 Å². The van der Waals surface area contributed by atoms with Crippen LogP contribution in [0.5, 0.6) is 0 Å². The van der Waals surface area contributed by atoms with Crippen LogP contribution in [0.25, 0.3) is 0 Å². The van der Waals surface area contributed by atoms with E-state index in [2.05, 4.69) is 16.9 Å². The molecule has 0 radical (unpaired) electrons. The van der Waals surface area contributed by atoms with Gasteiger partial charge in [-0.2, -0.15) is 0 Å². The number of hydrogen-bond donors (Lipinski definition) is 0. The highest BCUT2D eigenvalue weighted by Gasteiger charge is 1.83. The van der Waals surface area contributed by atoms with Gasteiger partial charge in [-0.3, -0.25) is 9.98 Å². The summed E-state index contributed by atoms with van der Waals surface area (Å²) < 4.78 is 0. The van der Waals surface area contributed by atoms with Gasteiger partial charge in [-0.25, -0.2) is 0 Å². The molecule has 2 nitrogen and oxygen atoms in total. The fourth-order valence-corrected chi connectivity index (χ4v) is 0.456. The van der Waals surface area contributed by atoms with Gasteiger partial charge in [0.2, 0.25) is 0 Å². The number of aliphatic imine (C=N–C) groups is 2. The second-order valence-electron chi connectivity index (χ2n) is 1.46. The van der Waals surface area contributed by atoms with Gasteiger partial charge in [0.05, 0.1) is 5.71 Å². The number of nitrogens with zero attached hydrogens (tertiary/aromatic N) is 2. The van der Waals surface area contributed by atoms with Crippen molar-refractivity contribution >= 4 is 11.9 Å². The van der Waals surface area contributed by atoms with E-state index in [-0.39, 0.29) is 0 Å². The Labute approximate surface area is 50.4 Å². The van der Waals surface area contributed by atoms with Gasteiger partial charge < -0.3 is 0 Å². The Morgan fingerprint density at radius 3 is 2.25 bits per heavy atom. The van der Waals surface area contributed by atoms with E-state index in [0.717, 1.165) is 12.1 Å². The summed E-state index contributed by atoms with van der Waals surface area (Å²) in [6.07, 6.45) is 2.74. The van der Waals surface area contributed by atoms with Crippen LogP contribution in [0.3, 0.4) is 0 Å². The zero-order valence-electron chi connectivity index (χ0n) is 5.68. The van der Waals surface area contributed by atoms with Crippen molar-refractivity contribution < 1.29 is 0 Å². The minimum Gasteiger partial charge on any atom is -0.295 e. The number of rotatable bonds is 2. The van der Waals surface area contributed by atoms with Gasteiger partial charge >= 0.3 is 0 Å². The first-order valence-electron chi connectivity index (χ1n) is 2.73. The van der Waals surface area contributed by atoms with Crippen molar-refractivity contribution in [3.8, 4) is 0 Å². The maximum atomic E-state index is 3.96. The van der Waals surface area contributed by atoms with Crippen molar-refractivity contribution in [3.05, 3.63) is 0 Å². The quantitative estimate of drug-likeness (QED) is 0.479. The van der Waals surface area contributed by atoms with E-state index in [9.17, 15) is 0 Å². The SMILES string of the molecule is CCC(/C=N\C)=N/C. The predicted octanol–water partition coefficient (Wildman–Crippen LogP) is 1.17. The summed E-state index contributed by atoms with van der Waals surface area (Å²) >= 11 is 0. The molecule has 0 amide bonds. The molecule has 2 heteroatoms. The maximum absolute atomic E-state index is 3.96. The van der Waals surface area contributed by atoms with Gasteiger partial charge in [-0.15, -0.1) is 0 Å². The first kappa shape index (κ1) is 7.34. The molecule has 0 bridgehead atoms. The lowest BCUT2D eigenvalue weighted by Crippen LogP contribution is -1.95. The average molecular weight is 112 g/mol. The second kappa shape index (κ2) is 4.50. The molecule has 8 heavy (non-hydrogen) atoms. The smallest absolute Gasteiger partial charge is 0.0519 e. The first-order valence-corrected chi connectivity index (χ1v) is 2.73. The minimum atomic E-state index is 0.966. The highest BCUT2D eigenvalue weighted by Crippen LogP contribution is 1.78. The molecule has 0 saturated carbocycles. The molecule has 0 N–H and O–H groups in total. The molecule has 0 aliphatic heterocycles. The third-order valence-electron chi connectivity index (χ3n) is 0.928. The van der Waals surface area contributed by atoms with E-state index in [1.807, 2.05) is 0 Å². The van der Waals surface area contributed by atoms with Crippen LogP contribution in [-0.4, -0.2) is 26.0 Å². The van der Waals surface area contributed by atoms with Crippen LogP contribution in [0, 0.1) is 0 Å². The molecular formula is C6H12N2. The molecule has 0 spiro atoms. The maximum Gasteiger partial charge on any atom is 0.0519 e. The highest BCUT2D eigenvalue weighted by atomic mass is 14.7. The Morgan fingerprint density at radius 1 is 1.50 bits per heavy atom. The summed E-state index contributed by atoms with van der Waals surface area (Å²) in [7, 11) is 3.53. The molecule has 0 aromatic rings. The molecule has 0 aromatic heterocycles. The Hall–Kier alpha value is -0.660. The summed E-state index contributed by atoms with van der Waals surface area (Å²) in [4.78, 5) is 7.79. The Bertz CT molecular complexity index is 100. The van der Waals surface area contributed by atoms with E-state index in [1.54, 1.807) is 20.3 Å². The Balaban J connectivity index is 3.72. The zero-order chi connectivity index (χ0) is 6.41. The molecule has 0 atom stereocenters. The lowest BCUT2D eigenvalue weighted by molar-refractivity contribution is 1.27. The fraction of sp³-hybridized carbons (Fsp3) is 0.667. The van der Waals surface area contributed by atoms with Crippen LogP contribution >= 0.6 is 0 Å². The van der Waals surface area contributed by atoms with Crippen LogP contribution in [0.4, 0.5) is 0 Å². The van der Waals surface area contributed by atoms with Crippen molar-refractivity contribution in [1.29, 1.82) is 0 Å². The van der Waals surface area contributed by atoms with E-state index in [1.165, 1.54) is 0 Å². The fourth-order valence-electron chi connectivity index (χ4n) is 0.456. The molecule has 0 heterocycles. The van der Waals surface area contributed by atoms with E-state index >= 15 is 0 Å². The summed E-state index contributed by atoms with van der Waals surface area (Å²) in [5, 5.41) is 0. The largest absolute Gasteiger partial charge is 0.295 e. The van der Waals surface area contributed by atoms with Gasteiger partial charge in [-0.1, -0.05) is 6.92 Å². The summed E-state index contributed by atoms with van der Waals surface area (Å²) in [6, 6.07) is 0. The summed E-state index contributed by atoms with van der Waals surface area (Å²) in [5.41, 5.74) is 1.05. The lowest BCUT2D eigenvalue weighted by Gasteiger charge is -1.87. The van der Waals surface area contributed by atoms with Crippen LogP contribution < -0.4 is 0 Å². The molecule has 0 saturated heterocycles. The van der Waals surface area contributed by atoms with Crippen molar-refractivity contribution in [1.82, 2.24) is 0 Å². The molecular weight excluding hydrogens is 100 g/mol. The topological polar surface area (TPSA) is 24.7 Å². The van der Waals surface area contributed by atoms with Gasteiger partial charge in [0.15, 0.2) is 0 Å². The standard InChI is InChI=1S/C6H12N2/c1-4-6(8-3)5-7-2/h5H,4H2,1-3H3/b7-5-,8-6-.